The van der Waals surface area contributed by atoms with Crippen LogP contribution in [0.5, 0.6) is 0 Å². The lowest BCUT2D eigenvalue weighted by Crippen LogP contribution is -2.10. The van der Waals surface area contributed by atoms with E-state index in [2.05, 4.69) is 154 Å². The van der Waals surface area contributed by atoms with Crippen molar-refractivity contribution in [2.75, 3.05) is 0 Å². The Morgan fingerprint density at radius 3 is 2.11 bits per heavy atom. The predicted octanol–water partition coefficient (Wildman–Crippen LogP) is 12.2. The number of rotatable bonds is 4. The Hall–Kier alpha value is -4.88. The molecule has 0 bridgehead atoms. The van der Waals surface area contributed by atoms with E-state index in [9.17, 15) is 0 Å². The molecule has 1 atom stereocenters. The third-order valence-corrected chi connectivity index (χ3v) is 10.4. The van der Waals surface area contributed by atoms with Crippen molar-refractivity contribution in [2.24, 2.45) is 0 Å². The average Bonchev–Trinajstić information content (AvgIpc) is 3.56. The van der Waals surface area contributed by atoms with Crippen LogP contribution in [0.1, 0.15) is 73.3 Å². The Bertz CT molecular complexity index is 2350. The molecule has 2 heterocycles. The van der Waals surface area contributed by atoms with Crippen molar-refractivity contribution in [3.05, 3.63) is 143 Å². The summed E-state index contributed by atoms with van der Waals surface area (Å²) in [5, 5.41) is 5.35. The summed E-state index contributed by atoms with van der Waals surface area (Å²) in [7, 11) is 0. The highest BCUT2D eigenvalue weighted by atomic mass is 15.0. The first-order valence-electron chi connectivity index (χ1n) is 16.5. The lowest BCUT2D eigenvalue weighted by molar-refractivity contribution is 0.826. The van der Waals surface area contributed by atoms with Gasteiger partial charge in [-0.05, 0) is 116 Å². The van der Waals surface area contributed by atoms with Crippen molar-refractivity contribution in [3.8, 4) is 22.3 Å². The second kappa shape index (κ2) is 9.81. The molecular weight excluding hydrogens is 542 g/mol. The van der Waals surface area contributed by atoms with E-state index < -0.39 is 0 Å². The van der Waals surface area contributed by atoms with Gasteiger partial charge in [-0.15, -0.1) is 0 Å². The fraction of sp³-hybridized carbons (Fsp3) is 0.182. The van der Waals surface area contributed by atoms with Crippen molar-refractivity contribution < 1.29 is 0 Å². The Morgan fingerprint density at radius 1 is 0.578 bits per heavy atom. The summed E-state index contributed by atoms with van der Waals surface area (Å²) in [5.74, 6) is 1.38. The van der Waals surface area contributed by atoms with Crippen molar-refractivity contribution in [2.45, 2.75) is 51.9 Å². The van der Waals surface area contributed by atoms with Crippen LogP contribution in [0.2, 0.25) is 0 Å². The van der Waals surface area contributed by atoms with Crippen LogP contribution in [0.25, 0.3) is 66.6 Å². The molecule has 45 heavy (non-hydrogen) atoms. The van der Waals surface area contributed by atoms with Crippen molar-refractivity contribution >= 4 is 44.4 Å². The first-order valence-corrected chi connectivity index (χ1v) is 16.5. The largest absolute Gasteiger partial charge is 0.312 e. The molecule has 0 spiro atoms. The zero-order valence-electron chi connectivity index (χ0n) is 26.4. The van der Waals surface area contributed by atoms with Crippen LogP contribution >= 0.6 is 0 Å². The highest BCUT2D eigenvalue weighted by Gasteiger charge is 2.35. The standard InChI is InChI=1S/C44H37N/c1-26(2)29-13-15-33-24-42-38(20-35(33)17-29)40-22-37(32-12-8-11-31(19-32)28-9-6-5-7-10-28)23-41-39-21-36-18-30(27(3)4)14-16-34(36)25-43(39)45(42)44(40)41/h5-20,22-27,39H,21H2,1-4H3. The van der Waals surface area contributed by atoms with Gasteiger partial charge in [0.1, 0.15) is 0 Å². The average molecular weight is 580 g/mol. The molecule has 0 saturated heterocycles. The van der Waals surface area contributed by atoms with Crippen LogP contribution in [0, 0.1) is 0 Å². The fourth-order valence-electron chi connectivity index (χ4n) is 7.88. The molecule has 1 heteroatoms. The highest BCUT2D eigenvalue weighted by Crippen LogP contribution is 2.52. The second-order valence-electron chi connectivity index (χ2n) is 13.8. The normalized spacial score (nSPS) is 15.3. The quantitative estimate of drug-likeness (QED) is 0.195. The molecule has 0 radical (unpaired) electrons. The van der Waals surface area contributed by atoms with Gasteiger partial charge in [0.15, 0.2) is 0 Å². The number of allylic oxidation sites excluding steroid dienone is 1. The third kappa shape index (κ3) is 4.07. The summed E-state index contributed by atoms with van der Waals surface area (Å²) in [6.45, 7) is 9.15. The first kappa shape index (κ1) is 26.5. The molecule has 218 valence electrons. The van der Waals surface area contributed by atoms with Crippen molar-refractivity contribution in [1.82, 2.24) is 4.57 Å². The zero-order chi connectivity index (χ0) is 30.4. The van der Waals surface area contributed by atoms with Crippen LogP contribution in [-0.4, -0.2) is 4.57 Å². The summed E-state index contributed by atoms with van der Waals surface area (Å²) in [5.41, 5.74) is 16.3. The van der Waals surface area contributed by atoms with Gasteiger partial charge in [0.2, 0.25) is 0 Å². The highest BCUT2D eigenvalue weighted by molar-refractivity contribution is 6.18. The molecule has 0 N–H and O–H groups in total. The van der Waals surface area contributed by atoms with Crippen molar-refractivity contribution in [1.29, 1.82) is 0 Å². The molecule has 7 aromatic rings. The van der Waals surface area contributed by atoms with E-state index in [1.807, 2.05) is 0 Å². The van der Waals surface area contributed by atoms with Gasteiger partial charge in [0.05, 0.1) is 11.0 Å². The van der Waals surface area contributed by atoms with Gasteiger partial charge in [-0.25, -0.2) is 0 Å². The summed E-state index contributed by atoms with van der Waals surface area (Å²) < 4.78 is 2.60. The molecule has 1 aromatic heterocycles. The van der Waals surface area contributed by atoms with Crippen LogP contribution in [0.15, 0.2) is 115 Å². The minimum Gasteiger partial charge on any atom is -0.312 e. The maximum Gasteiger partial charge on any atom is 0.0577 e. The maximum atomic E-state index is 2.60. The number of aromatic nitrogens is 1. The molecule has 0 amide bonds. The Morgan fingerprint density at radius 2 is 1.31 bits per heavy atom. The topological polar surface area (TPSA) is 4.93 Å². The lowest BCUT2D eigenvalue weighted by atomic mass is 9.81. The van der Waals surface area contributed by atoms with Crippen LogP contribution < -0.4 is 0 Å². The van der Waals surface area contributed by atoms with E-state index in [4.69, 9.17) is 0 Å². The van der Waals surface area contributed by atoms with Gasteiger partial charge in [0.25, 0.3) is 0 Å². The van der Waals surface area contributed by atoms with E-state index in [1.54, 1.807) is 0 Å². The Labute approximate surface area is 265 Å². The van der Waals surface area contributed by atoms with Gasteiger partial charge >= 0.3 is 0 Å². The minimum absolute atomic E-state index is 0.345. The monoisotopic (exact) mass is 579 g/mol. The molecule has 1 nitrogen and oxygen atoms in total. The molecule has 0 fully saturated rings. The number of hydrogen-bond donors (Lipinski definition) is 0. The zero-order valence-corrected chi connectivity index (χ0v) is 26.4. The Balaban J connectivity index is 1.32. The fourth-order valence-corrected chi connectivity index (χ4v) is 7.88. The number of benzene rings is 6. The van der Waals surface area contributed by atoms with Gasteiger partial charge in [-0.2, -0.15) is 0 Å². The van der Waals surface area contributed by atoms with Gasteiger partial charge < -0.3 is 4.57 Å². The van der Waals surface area contributed by atoms with Crippen LogP contribution in [0.4, 0.5) is 0 Å². The van der Waals surface area contributed by atoms with Gasteiger partial charge in [-0.1, -0.05) is 113 Å². The van der Waals surface area contributed by atoms with Gasteiger partial charge in [-0.3, -0.25) is 0 Å². The molecule has 2 aliphatic rings. The van der Waals surface area contributed by atoms with E-state index in [-0.39, 0.29) is 0 Å². The van der Waals surface area contributed by atoms with Crippen molar-refractivity contribution in [3.63, 3.8) is 0 Å². The SMILES string of the molecule is CC(C)c1ccc2c(c1)CC1C(=C2)n2c3cc4ccc(C(C)C)cc4cc3c3cc(-c4cccc(-c5ccccc5)c4)cc1c32. The predicted molar refractivity (Wildman–Crippen MR) is 193 cm³/mol. The van der Waals surface area contributed by atoms with Gasteiger partial charge in [0, 0.05) is 22.4 Å². The molecule has 1 unspecified atom stereocenters. The molecule has 9 rings (SSSR count). The van der Waals surface area contributed by atoms with E-state index in [1.165, 1.54) is 88.3 Å². The van der Waals surface area contributed by atoms with Crippen LogP contribution in [0.3, 0.4) is 0 Å². The molecule has 6 aromatic carbocycles. The maximum absolute atomic E-state index is 2.60. The number of hydrogen-bond acceptors (Lipinski definition) is 0. The summed E-state index contributed by atoms with van der Waals surface area (Å²) in [6.07, 6.45) is 3.52. The smallest absolute Gasteiger partial charge is 0.0577 e. The van der Waals surface area contributed by atoms with E-state index in [0.29, 0.717) is 17.8 Å². The third-order valence-electron chi connectivity index (χ3n) is 10.4. The van der Waals surface area contributed by atoms with E-state index >= 15 is 0 Å². The van der Waals surface area contributed by atoms with E-state index in [0.717, 1.165) is 6.42 Å². The van der Waals surface area contributed by atoms with Crippen LogP contribution in [-0.2, 0) is 6.42 Å². The Kier molecular flexibility index (Phi) is 5.78. The molecule has 0 saturated carbocycles. The lowest BCUT2D eigenvalue weighted by Gasteiger charge is -2.24. The second-order valence-corrected chi connectivity index (χ2v) is 13.8. The summed E-state index contributed by atoms with van der Waals surface area (Å²) >= 11 is 0. The number of nitrogens with zero attached hydrogens (tertiary/aromatic N) is 1. The molecule has 1 aliphatic heterocycles. The summed E-state index contributed by atoms with van der Waals surface area (Å²) in [6, 6.07) is 43.8. The molecule has 1 aliphatic carbocycles. The summed E-state index contributed by atoms with van der Waals surface area (Å²) in [4.78, 5) is 0. The first-order chi connectivity index (χ1) is 21.9. The minimum atomic E-state index is 0.345. The molecular formula is C44H37N. The number of fused-ring (bicyclic) bond motifs is 8.